The standard InChI is InChI=1S/C16H15O/c1-2-3-6-12-9-10-16-14(11-12)13-7-4-5-8-15(13)17-16/h4-5,7-10H,2-3,6H2,1H3. The Balaban J connectivity index is 2.16. The monoisotopic (exact) mass is 223 g/mol. The van der Waals surface area contributed by atoms with Crippen LogP contribution in [0.4, 0.5) is 0 Å². The third-order valence-corrected chi connectivity index (χ3v) is 3.14. The highest BCUT2D eigenvalue weighted by Gasteiger charge is 2.06. The molecule has 0 bridgehead atoms. The maximum absolute atomic E-state index is 5.78. The molecule has 0 unspecified atom stereocenters. The van der Waals surface area contributed by atoms with Crippen molar-refractivity contribution in [2.75, 3.05) is 0 Å². The number of unbranched alkanes of at least 4 members (excludes halogenated alkanes) is 1. The molecule has 0 saturated carbocycles. The molecule has 3 rings (SSSR count). The van der Waals surface area contributed by atoms with E-state index in [9.17, 15) is 0 Å². The van der Waals surface area contributed by atoms with Crippen molar-refractivity contribution in [2.45, 2.75) is 26.2 Å². The minimum absolute atomic E-state index is 0.937. The van der Waals surface area contributed by atoms with Gasteiger partial charge in [-0.15, -0.1) is 0 Å². The molecule has 0 amide bonds. The molecule has 0 N–H and O–H groups in total. The van der Waals surface area contributed by atoms with Crippen LogP contribution in [0, 0.1) is 6.07 Å². The Labute approximate surface area is 101 Å². The van der Waals surface area contributed by atoms with Gasteiger partial charge in [-0.25, -0.2) is 0 Å². The summed E-state index contributed by atoms with van der Waals surface area (Å²) in [4.78, 5) is 0. The fraction of sp³-hybridized carbons (Fsp3) is 0.250. The second-order valence-electron chi connectivity index (χ2n) is 4.42. The van der Waals surface area contributed by atoms with E-state index in [1.54, 1.807) is 0 Å². The molecule has 1 heteroatoms. The van der Waals surface area contributed by atoms with Crippen molar-refractivity contribution in [3.63, 3.8) is 0 Å². The number of furan rings is 1. The van der Waals surface area contributed by atoms with E-state index in [4.69, 9.17) is 4.42 Å². The summed E-state index contributed by atoms with van der Waals surface area (Å²) in [5.41, 5.74) is 3.17. The van der Waals surface area contributed by atoms with Gasteiger partial charge in [-0.05, 0) is 36.6 Å². The van der Waals surface area contributed by atoms with E-state index >= 15 is 0 Å². The average molecular weight is 223 g/mol. The van der Waals surface area contributed by atoms with Crippen molar-refractivity contribution in [1.82, 2.24) is 0 Å². The predicted octanol–water partition coefficient (Wildman–Crippen LogP) is 4.73. The quantitative estimate of drug-likeness (QED) is 0.625. The van der Waals surface area contributed by atoms with Gasteiger partial charge < -0.3 is 4.42 Å². The van der Waals surface area contributed by atoms with Crippen LogP contribution in [-0.4, -0.2) is 0 Å². The van der Waals surface area contributed by atoms with Gasteiger partial charge in [0.25, 0.3) is 0 Å². The lowest BCUT2D eigenvalue weighted by molar-refractivity contribution is 0.668. The fourth-order valence-corrected chi connectivity index (χ4v) is 2.20. The molecule has 85 valence electrons. The number of fused-ring (bicyclic) bond motifs is 3. The number of rotatable bonds is 3. The van der Waals surface area contributed by atoms with E-state index in [2.05, 4.69) is 31.2 Å². The molecule has 1 nitrogen and oxygen atoms in total. The van der Waals surface area contributed by atoms with Gasteiger partial charge in [0.1, 0.15) is 11.2 Å². The maximum Gasteiger partial charge on any atom is 0.136 e. The Morgan fingerprint density at radius 1 is 1.06 bits per heavy atom. The first-order valence-electron chi connectivity index (χ1n) is 6.21. The molecule has 0 aliphatic carbocycles. The fourth-order valence-electron chi connectivity index (χ4n) is 2.20. The van der Waals surface area contributed by atoms with E-state index in [0.717, 1.165) is 23.0 Å². The van der Waals surface area contributed by atoms with Gasteiger partial charge in [-0.2, -0.15) is 0 Å². The smallest absolute Gasteiger partial charge is 0.136 e. The normalized spacial score (nSPS) is 11.4. The number of aryl methyl sites for hydroxylation is 1. The first-order chi connectivity index (χ1) is 8.38. The lowest BCUT2D eigenvalue weighted by Gasteiger charge is -1.98. The van der Waals surface area contributed by atoms with Crippen LogP contribution in [0.25, 0.3) is 21.9 Å². The summed E-state index contributed by atoms with van der Waals surface area (Å²) in [6.07, 6.45) is 3.54. The number of benzene rings is 2. The molecule has 2 aromatic carbocycles. The average Bonchev–Trinajstić information content (AvgIpc) is 2.74. The van der Waals surface area contributed by atoms with Crippen molar-refractivity contribution in [1.29, 1.82) is 0 Å². The van der Waals surface area contributed by atoms with Crippen LogP contribution in [0.2, 0.25) is 0 Å². The molecule has 0 atom stereocenters. The Morgan fingerprint density at radius 3 is 2.82 bits per heavy atom. The van der Waals surface area contributed by atoms with Crippen molar-refractivity contribution < 1.29 is 4.42 Å². The van der Waals surface area contributed by atoms with Crippen molar-refractivity contribution >= 4 is 21.9 Å². The lowest BCUT2D eigenvalue weighted by atomic mass is 10.1. The first kappa shape index (κ1) is 10.4. The number of para-hydroxylation sites is 1. The SMILES string of the molecule is CCCCc1[c]c2c(cc1)oc1ccccc12. The molecule has 1 radical (unpaired) electrons. The summed E-state index contributed by atoms with van der Waals surface area (Å²) >= 11 is 0. The Morgan fingerprint density at radius 2 is 1.94 bits per heavy atom. The zero-order valence-electron chi connectivity index (χ0n) is 9.99. The Kier molecular flexibility index (Phi) is 2.60. The summed E-state index contributed by atoms with van der Waals surface area (Å²) in [6, 6.07) is 15.8. The topological polar surface area (TPSA) is 13.1 Å². The minimum Gasteiger partial charge on any atom is -0.456 e. The van der Waals surface area contributed by atoms with Crippen molar-refractivity contribution in [3.8, 4) is 0 Å². The van der Waals surface area contributed by atoms with Crippen LogP contribution in [0.1, 0.15) is 25.3 Å². The van der Waals surface area contributed by atoms with Crippen LogP contribution in [0.5, 0.6) is 0 Å². The van der Waals surface area contributed by atoms with Crippen LogP contribution >= 0.6 is 0 Å². The molecule has 0 saturated heterocycles. The van der Waals surface area contributed by atoms with E-state index in [-0.39, 0.29) is 0 Å². The van der Waals surface area contributed by atoms with Gasteiger partial charge in [0, 0.05) is 10.8 Å². The summed E-state index contributed by atoms with van der Waals surface area (Å²) in [5.74, 6) is 0. The second-order valence-corrected chi connectivity index (χ2v) is 4.42. The second kappa shape index (κ2) is 4.25. The van der Waals surface area contributed by atoms with Gasteiger partial charge in [0.15, 0.2) is 0 Å². The van der Waals surface area contributed by atoms with Crippen LogP contribution in [-0.2, 0) is 6.42 Å². The van der Waals surface area contributed by atoms with Gasteiger partial charge in [0.2, 0.25) is 0 Å². The molecule has 0 aliphatic rings. The Hall–Kier alpha value is -1.76. The molecule has 0 fully saturated rings. The van der Waals surface area contributed by atoms with E-state index < -0.39 is 0 Å². The van der Waals surface area contributed by atoms with E-state index in [1.165, 1.54) is 23.8 Å². The number of hydrogen-bond donors (Lipinski definition) is 0. The summed E-state index contributed by atoms with van der Waals surface area (Å²) in [6.45, 7) is 2.21. The highest BCUT2D eigenvalue weighted by Crippen LogP contribution is 2.28. The Bertz CT molecular complexity index is 649. The minimum atomic E-state index is 0.937. The number of hydrogen-bond acceptors (Lipinski definition) is 1. The van der Waals surface area contributed by atoms with Crippen LogP contribution in [0.15, 0.2) is 40.8 Å². The van der Waals surface area contributed by atoms with Gasteiger partial charge in [-0.3, -0.25) is 0 Å². The summed E-state index contributed by atoms with van der Waals surface area (Å²) in [7, 11) is 0. The first-order valence-corrected chi connectivity index (χ1v) is 6.21. The summed E-state index contributed by atoms with van der Waals surface area (Å²) in [5, 5.41) is 2.29. The van der Waals surface area contributed by atoms with Gasteiger partial charge in [0.05, 0.1) is 0 Å². The lowest BCUT2D eigenvalue weighted by Crippen LogP contribution is -1.84. The molecule has 1 aromatic heterocycles. The van der Waals surface area contributed by atoms with Gasteiger partial charge >= 0.3 is 0 Å². The predicted molar refractivity (Wildman–Crippen MR) is 71.2 cm³/mol. The highest BCUT2D eigenvalue weighted by atomic mass is 16.3. The van der Waals surface area contributed by atoms with Crippen molar-refractivity contribution in [2.24, 2.45) is 0 Å². The van der Waals surface area contributed by atoms with Crippen LogP contribution in [0.3, 0.4) is 0 Å². The summed E-state index contributed by atoms with van der Waals surface area (Å²) < 4.78 is 5.78. The zero-order valence-corrected chi connectivity index (χ0v) is 9.99. The molecule has 0 aliphatic heterocycles. The molecule has 1 heterocycles. The molecule has 17 heavy (non-hydrogen) atoms. The molecular weight excluding hydrogens is 208 g/mol. The van der Waals surface area contributed by atoms with E-state index in [1.807, 2.05) is 18.2 Å². The molecule has 3 aromatic rings. The largest absolute Gasteiger partial charge is 0.456 e. The zero-order chi connectivity index (χ0) is 11.7. The highest BCUT2D eigenvalue weighted by molar-refractivity contribution is 6.04. The van der Waals surface area contributed by atoms with E-state index in [0.29, 0.717) is 0 Å². The third kappa shape index (κ3) is 1.82. The van der Waals surface area contributed by atoms with Gasteiger partial charge in [-0.1, -0.05) is 37.6 Å². The van der Waals surface area contributed by atoms with Crippen LogP contribution < -0.4 is 0 Å². The maximum atomic E-state index is 5.78. The third-order valence-electron chi connectivity index (χ3n) is 3.14. The molecule has 0 spiro atoms. The molecular formula is C16H15O. The van der Waals surface area contributed by atoms with Crippen molar-refractivity contribution in [3.05, 3.63) is 48.0 Å².